The zero-order valence-corrected chi connectivity index (χ0v) is 19.2. The molecular formula is C26H20F3N5O2. The van der Waals surface area contributed by atoms with Gasteiger partial charge in [0.1, 0.15) is 5.52 Å². The van der Waals surface area contributed by atoms with Crippen molar-refractivity contribution in [3.8, 4) is 5.69 Å². The zero-order chi connectivity index (χ0) is 25.6. The molecular weight excluding hydrogens is 471 g/mol. The van der Waals surface area contributed by atoms with Crippen molar-refractivity contribution < 1.29 is 18.0 Å². The molecule has 7 nitrogen and oxygen atoms in total. The molecule has 0 spiro atoms. The van der Waals surface area contributed by atoms with Crippen molar-refractivity contribution in [1.82, 2.24) is 24.6 Å². The third-order valence-corrected chi connectivity index (χ3v) is 5.95. The highest BCUT2D eigenvalue weighted by Gasteiger charge is 2.30. The Kier molecular flexibility index (Phi) is 5.58. The number of amides is 1. The summed E-state index contributed by atoms with van der Waals surface area (Å²) in [6.07, 6.45) is -1.30. The fourth-order valence-electron chi connectivity index (χ4n) is 4.18. The molecule has 1 atom stereocenters. The van der Waals surface area contributed by atoms with E-state index in [1.54, 1.807) is 43.7 Å². The average Bonchev–Trinajstić information content (AvgIpc) is 3.26. The predicted octanol–water partition coefficient (Wildman–Crippen LogP) is 4.78. The minimum Gasteiger partial charge on any atom is -0.344 e. The number of nitrogens with zero attached hydrogens (tertiary/aromatic N) is 4. The van der Waals surface area contributed by atoms with Crippen LogP contribution in [-0.2, 0) is 13.2 Å². The van der Waals surface area contributed by atoms with Gasteiger partial charge < -0.3 is 5.32 Å². The van der Waals surface area contributed by atoms with Crippen LogP contribution in [0.4, 0.5) is 13.2 Å². The van der Waals surface area contributed by atoms with Crippen LogP contribution < -0.4 is 10.9 Å². The van der Waals surface area contributed by atoms with Gasteiger partial charge in [0.2, 0.25) is 0 Å². The van der Waals surface area contributed by atoms with Gasteiger partial charge in [0.15, 0.2) is 0 Å². The number of nitrogens with one attached hydrogen (secondary N) is 1. The van der Waals surface area contributed by atoms with Gasteiger partial charge in [-0.3, -0.25) is 23.8 Å². The monoisotopic (exact) mass is 491 g/mol. The van der Waals surface area contributed by atoms with E-state index in [9.17, 15) is 22.8 Å². The maximum Gasteiger partial charge on any atom is 0.416 e. The fourth-order valence-corrected chi connectivity index (χ4v) is 4.18. The standard InChI is InChI=1S/C26H20F3N5O2/c1-15(21-5-3-4-12-30-21)31-24(35)16-6-11-22-19(13-16)23-20(14-33(2)32-23)25(36)34(22)18-9-7-17(8-10-18)26(27,28)29/h3-15H,1-2H3,(H,31,35)/t15-/m1/s1. The summed E-state index contributed by atoms with van der Waals surface area (Å²) in [5, 5.41) is 8.11. The lowest BCUT2D eigenvalue weighted by Gasteiger charge is -2.15. The zero-order valence-electron chi connectivity index (χ0n) is 19.2. The number of hydrogen-bond acceptors (Lipinski definition) is 4. The molecule has 0 fully saturated rings. The van der Waals surface area contributed by atoms with E-state index in [2.05, 4.69) is 15.4 Å². The van der Waals surface area contributed by atoms with Gasteiger partial charge in [0.25, 0.3) is 11.5 Å². The summed E-state index contributed by atoms with van der Waals surface area (Å²) in [5.41, 5.74) is 0.890. The molecule has 0 radical (unpaired) electrons. The van der Waals surface area contributed by atoms with Gasteiger partial charge in [-0.05, 0) is 61.5 Å². The van der Waals surface area contributed by atoms with E-state index >= 15 is 0 Å². The van der Waals surface area contributed by atoms with Crippen molar-refractivity contribution in [2.24, 2.45) is 7.05 Å². The van der Waals surface area contributed by atoms with E-state index < -0.39 is 17.3 Å². The number of hydrogen-bond donors (Lipinski definition) is 1. The first-order valence-electron chi connectivity index (χ1n) is 11.0. The summed E-state index contributed by atoms with van der Waals surface area (Å²) < 4.78 is 42.0. The van der Waals surface area contributed by atoms with Crippen molar-refractivity contribution in [2.45, 2.75) is 19.1 Å². The summed E-state index contributed by atoms with van der Waals surface area (Å²) >= 11 is 0. The van der Waals surface area contributed by atoms with E-state index in [0.717, 1.165) is 12.1 Å². The Morgan fingerprint density at radius 2 is 1.78 bits per heavy atom. The SMILES string of the molecule is C[C@@H](NC(=O)c1ccc2c(c1)c1nn(C)cc1c(=O)n2-c1ccc(C(F)(F)F)cc1)c1ccccn1. The molecule has 182 valence electrons. The summed E-state index contributed by atoms with van der Waals surface area (Å²) in [6.45, 7) is 1.82. The molecule has 3 aromatic heterocycles. The van der Waals surface area contributed by atoms with Crippen molar-refractivity contribution in [2.75, 3.05) is 0 Å². The molecule has 5 rings (SSSR count). The smallest absolute Gasteiger partial charge is 0.344 e. The van der Waals surface area contributed by atoms with Crippen LogP contribution in [0.2, 0.25) is 0 Å². The van der Waals surface area contributed by atoms with Crippen LogP contribution in [0, 0.1) is 0 Å². The quantitative estimate of drug-likeness (QED) is 0.392. The van der Waals surface area contributed by atoms with Crippen LogP contribution in [-0.4, -0.2) is 25.2 Å². The molecule has 36 heavy (non-hydrogen) atoms. The molecule has 0 saturated carbocycles. The number of benzene rings is 2. The van der Waals surface area contributed by atoms with Gasteiger partial charge in [-0.2, -0.15) is 18.3 Å². The maximum atomic E-state index is 13.4. The number of halogens is 3. The molecule has 0 unspecified atom stereocenters. The van der Waals surface area contributed by atoms with E-state index in [0.29, 0.717) is 27.7 Å². The first-order chi connectivity index (χ1) is 17.1. The molecule has 10 heteroatoms. The second-order valence-electron chi connectivity index (χ2n) is 8.43. The van der Waals surface area contributed by atoms with Gasteiger partial charge in [-0.15, -0.1) is 0 Å². The second kappa shape index (κ2) is 8.63. The Labute approximate surface area is 202 Å². The molecule has 1 N–H and O–H groups in total. The summed E-state index contributed by atoms with van der Waals surface area (Å²) in [7, 11) is 1.67. The number of alkyl halides is 3. The number of pyridine rings is 2. The lowest BCUT2D eigenvalue weighted by Crippen LogP contribution is -2.27. The van der Waals surface area contributed by atoms with Crippen LogP contribution >= 0.6 is 0 Å². The first-order valence-corrected chi connectivity index (χ1v) is 11.0. The highest BCUT2D eigenvalue weighted by Crippen LogP contribution is 2.31. The number of carbonyl (C=O) groups is 1. The Morgan fingerprint density at radius 3 is 2.44 bits per heavy atom. The predicted molar refractivity (Wildman–Crippen MR) is 129 cm³/mol. The Morgan fingerprint density at radius 1 is 1.03 bits per heavy atom. The van der Waals surface area contributed by atoms with Gasteiger partial charge in [0, 0.05) is 36.1 Å². The van der Waals surface area contributed by atoms with Gasteiger partial charge >= 0.3 is 6.18 Å². The Bertz CT molecular complexity index is 1660. The maximum absolute atomic E-state index is 13.4. The van der Waals surface area contributed by atoms with Crippen LogP contribution in [0.1, 0.15) is 34.6 Å². The third kappa shape index (κ3) is 4.10. The van der Waals surface area contributed by atoms with Crippen LogP contribution in [0.25, 0.3) is 27.5 Å². The normalized spacial score (nSPS) is 12.7. The van der Waals surface area contributed by atoms with Crippen LogP contribution in [0.5, 0.6) is 0 Å². The fraction of sp³-hybridized carbons (Fsp3) is 0.154. The largest absolute Gasteiger partial charge is 0.416 e. The van der Waals surface area contributed by atoms with E-state index in [-0.39, 0.29) is 23.0 Å². The molecule has 2 aromatic carbocycles. The average molecular weight is 491 g/mol. The number of aromatic nitrogens is 4. The van der Waals surface area contributed by atoms with Gasteiger partial charge in [-0.25, -0.2) is 0 Å². The Balaban J connectivity index is 1.63. The minimum absolute atomic E-state index is 0.268. The number of fused-ring (bicyclic) bond motifs is 3. The molecule has 0 aliphatic rings. The van der Waals surface area contributed by atoms with Crippen molar-refractivity contribution in [3.63, 3.8) is 0 Å². The highest BCUT2D eigenvalue weighted by atomic mass is 19.4. The molecule has 1 amide bonds. The summed E-state index contributed by atoms with van der Waals surface area (Å²) in [6, 6.07) is 14.3. The van der Waals surface area contributed by atoms with E-state index in [1.165, 1.54) is 21.4 Å². The lowest BCUT2D eigenvalue weighted by atomic mass is 10.1. The van der Waals surface area contributed by atoms with Crippen LogP contribution in [0.3, 0.4) is 0 Å². The highest BCUT2D eigenvalue weighted by molar-refractivity contribution is 6.07. The molecule has 0 bridgehead atoms. The molecule has 5 aromatic rings. The molecule has 0 saturated heterocycles. The molecule has 0 aliphatic heterocycles. The topological polar surface area (TPSA) is 81.8 Å². The van der Waals surface area contributed by atoms with E-state index in [1.807, 2.05) is 19.1 Å². The van der Waals surface area contributed by atoms with Crippen molar-refractivity contribution >= 4 is 27.7 Å². The lowest BCUT2D eigenvalue weighted by molar-refractivity contribution is -0.137. The number of carbonyl (C=O) groups excluding carboxylic acids is 1. The van der Waals surface area contributed by atoms with Crippen LogP contribution in [0.15, 0.2) is 77.9 Å². The summed E-state index contributed by atoms with van der Waals surface area (Å²) in [5.74, 6) is -0.341. The first kappa shape index (κ1) is 23.3. The molecule has 0 aliphatic carbocycles. The van der Waals surface area contributed by atoms with Crippen molar-refractivity contribution in [1.29, 1.82) is 0 Å². The van der Waals surface area contributed by atoms with Gasteiger partial charge in [0.05, 0.1) is 28.2 Å². The van der Waals surface area contributed by atoms with E-state index in [4.69, 9.17) is 0 Å². The second-order valence-corrected chi connectivity index (χ2v) is 8.43. The molecule has 3 heterocycles. The minimum atomic E-state index is -4.49. The number of rotatable bonds is 4. The van der Waals surface area contributed by atoms with Gasteiger partial charge in [-0.1, -0.05) is 6.07 Å². The third-order valence-electron chi connectivity index (χ3n) is 5.95. The number of aryl methyl sites for hydroxylation is 1. The summed E-state index contributed by atoms with van der Waals surface area (Å²) in [4.78, 5) is 30.6. The van der Waals surface area contributed by atoms with Crippen molar-refractivity contribution in [3.05, 3.63) is 100 Å². The Hall–Kier alpha value is -4.47.